The molecule has 0 aliphatic heterocycles. The summed E-state index contributed by atoms with van der Waals surface area (Å²) >= 11 is 1.52. The van der Waals surface area contributed by atoms with E-state index in [4.69, 9.17) is 0 Å². The molecule has 0 fully saturated rings. The minimum Gasteiger partial charge on any atom is -0.343 e. The summed E-state index contributed by atoms with van der Waals surface area (Å²) in [6.45, 7) is 5.79. The molecule has 1 amide bonds. The van der Waals surface area contributed by atoms with Crippen molar-refractivity contribution in [2.45, 2.75) is 32.9 Å². The summed E-state index contributed by atoms with van der Waals surface area (Å²) in [6, 6.07) is 7.13. The van der Waals surface area contributed by atoms with Crippen LogP contribution in [0.15, 0.2) is 40.6 Å². The number of para-hydroxylation sites is 1. The van der Waals surface area contributed by atoms with E-state index < -0.39 is 5.54 Å². The fourth-order valence-electron chi connectivity index (χ4n) is 2.51. The van der Waals surface area contributed by atoms with Crippen LogP contribution in [0.5, 0.6) is 0 Å². The number of carbonyl (C=O) groups excluding carboxylic acids is 1. The van der Waals surface area contributed by atoms with E-state index in [1.807, 2.05) is 32.2 Å². The number of nitrogens with one attached hydrogen (secondary N) is 1. The maximum Gasteiger partial charge on any atom is 0.242 e. The van der Waals surface area contributed by atoms with Crippen LogP contribution in [0.25, 0.3) is 10.9 Å². The molecular formula is C17H18N4O2S. The molecule has 0 aliphatic rings. The van der Waals surface area contributed by atoms with Crippen molar-refractivity contribution in [3.05, 3.63) is 56.8 Å². The monoisotopic (exact) mass is 342 g/mol. The summed E-state index contributed by atoms with van der Waals surface area (Å²) in [5.41, 5.74) is 0.861. The molecule has 0 spiro atoms. The van der Waals surface area contributed by atoms with Crippen molar-refractivity contribution in [1.82, 2.24) is 20.1 Å². The Kier molecular flexibility index (Phi) is 4.19. The molecule has 0 unspecified atom stereocenters. The van der Waals surface area contributed by atoms with Crippen LogP contribution < -0.4 is 10.7 Å². The molecule has 2 aromatic heterocycles. The molecule has 0 aliphatic carbocycles. The zero-order chi connectivity index (χ0) is 17.3. The Labute approximate surface area is 143 Å². The topological polar surface area (TPSA) is 76.9 Å². The van der Waals surface area contributed by atoms with Gasteiger partial charge in [0.15, 0.2) is 0 Å². The van der Waals surface area contributed by atoms with Crippen molar-refractivity contribution in [1.29, 1.82) is 0 Å². The van der Waals surface area contributed by atoms with Crippen LogP contribution in [-0.4, -0.2) is 20.7 Å². The maximum absolute atomic E-state index is 12.5. The first-order valence-electron chi connectivity index (χ1n) is 7.55. The molecule has 1 aromatic carbocycles. The first kappa shape index (κ1) is 16.3. The van der Waals surface area contributed by atoms with Gasteiger partial charge in [0.1, 0.15) is 11.6 Å². The third kappa shape index (κ3) is 3.21. The van der Waals surface area contributed by atoms with Crippen molar-refractivity contribution in [2.75, 3.05) is 0 Å². The Balaban J connectivity index is 1.83. The van der Waals surface area contributed by atoms with Gasteiger partial charge in [-0.05, 0) is 32.9 Å². The van der Waals surface area contributed by atoms with E-state index >= 15 is 0 Å². The molecule has 0 atom stereocenters. The SMILES string of the molecule is Cc1csc(C(C)(C)NC(=O)Cn2ncc(=O)c3ccccc32)n1. The number of aryl methyl sites for hydroxylation is 1. The molecule has 1 N–H and O–H groups in total. The summed E-state index contributed by atoms with van der Waals surface area (Å²) in [4.78, 5) is 28.8. The lowest BCUT2D eigenvalue weighted by molar-refractivity contribution is -0.123. The van der Waals surface area contributed by atoms with Crippen LogP contribution in [-0.2, 0) is 16.9 Å². The number of fused-ring (bicyclic) bond motifs is 1. The van der Waals surface area contributed by atoms with E-state index in [-0.39, 0.29) is 17.9 Å². The van der Waals surface area contributed by atoms with Gasteiger partial charge in [0, 0.05) is 16.5 Å². The summed E-state index contributed by atoms with van der Waals surface area (Å²) in [5.74, 6) is -0.186. The third-order valence-electron chi connectivity index (χ3n) is 3.66. The summed E-state index contributed by atoms with van der Waals surface area (Å²) < 4.78 is 1.54. The Hall–Kier alpha value is -2.54. The highest BCUT2D eigenvalue weighted by molar-refractivity contribution is 7.09. The lowest BCUT2D eigenvalue weighted by atomic mass is 10.1. The number of amides is 1. The number of carbonyl (C=O) groups is 1. The number of nitrogens with zero attached hydrogens (tertiary/aromatic N) is 3. The number of rotatable bonds is 4. The highest BCUT2D eigenvalue weighted by Gasteiger charge is 2.26. The van der Waals surface area contributed by atoms with Gasteiger partial charge in [-0.15, -0.1) is 11.3 Å². The average molecular weight is 342 g/mol. The Morgan fingerprint density at radius 2 is 2.08 bits per heavy atom. The molecule has 7 heteroatoms. The van der Waals surface area contributed by atoms with E-state index in [0.717, 1.165) is 10.7 Å². The second kappa shape index (κ2) is 6.16. The smallest absolute Gasteiger partial charge is 0.242 e. The van der Waals surface area contributed by atoms with Gasteiger partial charge in [-0.1, -0.05) is 12.1 Å². The van der Waals surface area contributed by atoms with Crippen LogP contribution in [0.3, 0.4) is 0 Å². The molecule has 24 heavy (non-hydrogen) atoms. The van der Waals surface area contributed by atoms with Crippen LogP contribution >= 0.6 is 11.3 Å². The number of benzene rings is 1. The van der Waals surface area contributed by atoms with Crippen LogP contribution in [0, 0.1) is 6.92 Å². The predicted molar refractivity (Wildman–Crippen MR) is 94.0 cm³/mol. The van der Waals surface area contributed by atoms with Gasteiger partial charge >= 0.3 is 0 Å². The summed E-state index contributed by atoms with van der Waals surface area (Å²) in [5, 5.41) is 10.4. The molecule has 6 nitrogen and oxygen atoms in total. The molecule has 3 aromatic rings. The van der Waals surface area contributed by atoms with E-state index in [9.17, 15) is 9.59 Å². The quantitative estimate of drug-likeness (QED) is 0.789. The Bertz CT molecular complexity index is 958. The molecule has 0 bridgehead atoms. The Morgan fingerprint density at radius 1 is 1.33 bits per heavy atom. The molecule has 3 rings (SSSR count). The second-order valence-corrected chi connectivity index (χ2v) is 7.01. The highest BCUT2D eigenvalue weighted by Crippen LogP contribution is 2.23. The van der Waals surface area contributed by atoms with Gasteiger partial charge in [-0.25, -0.2) is 4.98 Å². The van der Waals surface area contributed by atoms with E-state index in [2.05, 4.69) is 15.4 Å². The number of aromatic nitrogens is 3. The maximum atomic E-state index is 12.5. The molecule has 0 radical (unpaired) electrons. The first-order chi connectivity index (χ1) is 11.4. The lowest BCUT2D eigenvalue weighted by Gasteiger charge is -2.24. The number of hydrogen-bond donors (Lipinski definition) is 1. The van der Waals surface area contributed by atoms with Crippen LogP contribution in [0.2, 0.25) is 0 Å². The van der Waals surface area contributed by atoms with Gasteiger partial charge in [0.05, 0.1) is 17.3 Å². The van der Waals surface area contributed by atoms with Gasteiger partial charge < -0.3 is 5.32 Å². The van der Waals surface area contributed by atoms with Gasteiger partial charge in [-0.2, -0.15) is 5.10 Å². The minimum absolute atomic E-state index is 0.0363. The second-order valence-electron chi connectivity index (χ2n) is 6.15. The van der Waals surface area contributed by atoms with E-state index in [1.165, 1.54) is 22.2 Å². The standard InChI is InChI=1S/C17H18N4O2S/c1-11-10-24-16(19-11)17(2,3)20-15(23)9-21-13-7-5-4-6-12(13)14(22)8-18-21/h4-8,10H,9H2,1-3H3,(H,20,23). The predicted octanol–water partition coefficient (Wildman–Crippen LogP) is 2.21. The summed E-state index contributed by atoms with van der Waals surface area (Å²) in [6.07, 6.45) is 1.24. The van der Waals surface area contributed by atoms with Crippen LogP contribution in [0.4, 0.5) is 0 Å². The highest BCUT2D eigenvalue weighted by atomic mass is 32.1. The van der Waals surface area contributed by atoms with Crippen molar-refractivity contribution in [3.8, 4) is 0 Å². The molecular weight excluding hydrogens is 324 g/mol. The first-order valence-corrected chi connectivity index (χ1v) is 8.43. The van der Waals surface area contributed by atoms with Crippen molar-refractivity contribution < 1.29 is 4.79 Å². The number of thiazole rings is 1. The minimum atomic E-state index is -0.565. The normalized spacial score (nSPS) is 11.6. The van der Waals surface area contributed by atoms with Crippen LogP contribution in [0.1, 0.15) is 24.5 Å². The van der Waals surface area contributed by atoms with Crippen molar-refractivity contribution >= 4 is 28.1 Å². The largest absolute Gasteiger partial charge is 0.343 e. The Morgan fingerprint density at radius 3 is 2.79 bits per heavy atom. The van der Waals surface area contributed by atoms with Crippen molar-refractivity contribution in [2.24, 2.45) is 0 Å². The zero-order valence-electron chi connectivity index (χ0n) is 13.7. The fourth-order valence-corrected chi connectivity index (χ4v) is 3.38. The molecule has 2 heterocycles. The molecule has 124 valence electrons. The van der Waals surface area contributed by atoms with E-state index in [0.29, 0.717) is 10.9 Å². The zero-order valence-corrected chi connectivity index (χ0v) is 14.6. The van der Waals surface area contributed by atoms with Gasteiger partial charge in [0.25, 0.3) is 0 Å². The lowest BCUT2D eigenvalue weighted by Crippen LogP contribution is -2.42. The van der Waals surface area contributed by atoms with Gasteiger partial charge in [-0.3, -0.25) is 14.3 Å². The molecule has 0 saturated heterocycles. The van der Waals surface area contributed by atoms with E-state index in [1.54, 1.807) is 18.2 Å². The third-order valence-corrected chi connectivity index (χ3v) is 4.94. The van der Waals surface area contributed by atoms with Gasteiger partial charge in [0.2, 0.25) is 11.3 Å². The summed E-state index contributed by atoms with van der Waals surface area (Å²) in [7, 11) is 0. The average Bonchev–Trinajstić information content (AvgIpc) is 2.97. The number of hydrogen-bond acceptors (Lipinski definition) is 5. The fraction of sp³-hybridized carbons (Fsp3) is 0.294. The molecule has 0 saturated carbocycles. The van der Waals surface area contributed by atoms with Crippen molar-refractivity contribution in [3.63, 3.8) is 0 Å².